The number of nitrogens with one attached hydrogen (secondary N) is 1. The average Bonchev–Trinajstić information content (AvgIpc) is 3.42. The van der Waals surface area contributed by atoms with E-state index in [1.54, 1.807) is 17.7 Å². The molecule has 8 nitrogen and oxygen atoms in total. The van der Waals surface area contributed by atoms with E-state index in [2.05, 4.69) is 60.7 Å². The minimum Gasteiger partial charge on any atom is -0.379 e. The Balaban J connectivity index is 0.00000320. The van der Waals surface area contributed by atoms with Crippen LogP contribution in [0.4, 0.5) is 0 Å². The Morgan fingerprint density at radius 3 is 2.90 bits per heavy atom. The zero-order chi connectivity index (χ0) is 20.3. The minimum atomic E-state index is 0. The topological polar surface area (TPSA) is 70.8 Å². The maximum absolute atomic E-state index is 5.42. The molecule has 0 spiro atoms. The van der Waals surface area contributed by atoms with Crippen molar-refractivity contribution in [2.24, 2.45) is 4.99 Å². The highest BCUT2D eigenvalue weighted by Gasteiger charge is 2.11. The lowest BCUT2D eigenvalue weighted by Crippen LogP contribution is -2.40. The van der Waals surface area contributed by atoms with Crippen molar-refractivity contribution in [2.75, 3.05) is 53.0 Å². The quantitative estimate of drug-likeness (QED) is 0.213. The number of hydrogen-bond acceptors (Lipinski definition) is 6. The maximum atomic E-state index is 5.42. The van der Waals surface area contributed by atoms with Crippen molar-refractivity contribution in [1.82, 2.24) is 29.9 Å². The van der Waals surface area contributed by atoms with E-state index in [9.17, 15) is 0 Å². The molecule has 2 aromatic rings. The van der Waals surface area contributed by atoms with Crippen LogP contribution < -0.4 is 5.32 Å². The van der Waals surface area contributed by atoms with E-state index >= 15 is 0 Å². The van der Waals surface area contributed by atoms with Crippen LogP contribution >= 0.6 is 35.3 Å². The van der Waals surface area contributed by atoms with Crippen LogP contribution in [0, 0.1) is 0 Å². The summed E-state index contributed by atoms with van der Waals surface area (Å²) < 4.78 is 7.52. The number of aryl methyl sites for hydroxylation is 1. The van der Waals surface area contributed by atoms with Gasteiger partial charge in [-0.25, -0.2) is 0 Å². The molecule has 1 fully saturated rings. The zero-order valence-electron chi connectivity index (χ0n) is 18.0. The third-order valence-corrected chi connectivity index (χ3v) is 5.74. The first-order valence-corrected chi connectivity index (χ1v) is 11.4. The Hall–Kier alpha value is -1.24. The normalized spacial score (nSPS) is 15.1. The second kappa shape index (κ2) is 13.9. The molecule has 3 heterocycles. The SMILES string of the molecule is CCc1nncn1CCNC(=NCCCN1CCOCC1)N(C)Cc1ccsc1.I. The van der Waals surface area contributed by atoms with Gasteiger partial charge in [0.1, 0.15) is 12.2 Å². The number of aromatic nitrogens is 3. The van der Waals surface area contributed by atoms with E-state index in [-0.39, 0.29) is 24.0 Å². The van der Waals surface area contributed by atoms with Crippen molar-refractivity contribution in [3.05, 3.63) is 34.5 Å². The van der Waals surface area contributed by atoms with Gasteiger partial charge in [-0.3, -0.25) is 9.89 Å². The molecule has 1 aliphatic heterocycles. The van der Waals surface area contributed by atoms with Gasteiger partial charge in [0.05, 0.1) is 13.2 Å². The number of aliphatic imine (C=N–C) groups is 1. The number of hydrogen-bond donors (Lipinski definition) is 1. The van der Waals surface area contributed by atoms with Gasteiger partial charge in [-0.05, 0) is 28.8 Å². The number of ether oxygens (including phenoxy) is 1. The van der Waals surface area contributed by atoms with E-state index in [1.165, 1.54) is 5.56 Å². The first-order chi connectivity index (χ1) is 14.3. The first kappa shape index (κ1) is 25.0. The second-order valence-electron chi connectivity index (χ2n) is 7.22. The van der Waals surface area contributed by atoms with Crippen LogP contribution in [0.2, 0.25) is 0 Å². The van der Waals surface area contributed by atoms with E-state index in [4.69, 9.17) is 9.73 Å². The molecule has 1 saturated heterocycles. The Labute approximate surface area is 200 Å². The largest absolute Gasteiger partial charge is 0.379 e. The third-order valence-electron chi connectivity index (χ3n) is 5.01. The predicted molar refractivity (Wildman–Crippen MR) is 133 cm³/mol. The molecule has 0 aromatic carbocycles. The van der Waals surface area contributed by atoms with Crippen molar-refractivity contribution >= 4 is 41.3 Å². The van der Waals surface area contributed by atoms with E-state index in [1.807, 2.05) is 0 Å². The number of morpholine rings is 1. The summed E-state index contributed by atoms with van der Waals surface area (Å²) in [5.74, 6) is 1.96. The average molecular weight is 548 g/mol. The molecule has 0 amide bonds. The summed E-state index contributed by atoms with van der Waals surface area (Å²) in [4.78, 5) is 9.54. The first-order valence-electron chi connectivity index (χ1n) is 10.4. The molecule has 3 rings (SSSR count). The fourth-order valence-electron chi connectivity index (χ4n) is 3.37. The highest BCUT2D eigenvalue weighted by Crippen LogP contribution is 2.08. The number of rotatable bonds is 10. The molecule has 0 radical (unpaired) electrons. The van der Waals surface area contributed by atoms with Crippen LogP contribution in [0.1, 0.15) is 24.7 Å². The van der Waals surface area contributed by atoms with E-state index < -0.39 is 0 Å². The molecule has 1 N–H and O–H groups in total. The van der Waals surface area contributed by atoms with Gasteiger partial charge in [0.2, 0.25) is 0 Å². The standard InChI is InChI=1S/C20H33N7OS.HI/c1-3-19-24-23-17-27(19)9-7-22-20(25(2)15-18-5-14-29-16-18)21-6-4-8-26-10-12-28-13-11-26;/h5,14,16-17H,3-4,6-13,15H2,1-2H3,(H,21,22);1H. The summed E-state index contributed by atoms with van der Waals surface area (Å²) in [5.41, 5.74) is 1.31. The molecule has 0 atom stereocenters. The summed E-state index contributed by atoms with van der Waals surface area (Å²) in [6.07, 6.45) is 3.75. The summed E-state index contributed by atoms with van der Waals surface area (Å²) in [5, 5.41) is 16.0. The molecule has 0 bridgehead atoms. The number of guanidine groups is 1. The van der Waals surface area contributed by atoms with Gasteiger partial charge in [-0.2, -0.15) is 11.3 Å². The van der Waals surface area contributed by atoms with Gasteiger partial charge in [0, 0.05) is 59.3 Å². The molecular weight excluding hydrogens is 513 g/mol. The van der Waals surface area contributed by atoms with Crippen LogP contribution in [0.15, 0.2) is 28.1 Å². The van der Waals surface area contributed by atoms with E-state index in [0.717, 1.165) is 83.7 Å². The van der Waals surface area contributed by atoms with Crippen molar-refractivity contribution < 1.29 is 4.74 Å². The van der Waals surface area contributed by atoms with Crippen LogP contribution in [0.5, 0.6) is 0 Å². The van der Waals surface area contributed by atoms with Crippen LogP contribution in [-0.2, 0) is 24.2 Å². The Bertz CT molecular complexity index is 731. The van der Waals surface area contributed by atoms with Gasteiger partial charge in [-0.15, -0.1) is 34.2 Å². The van der Waals surface area contributed by atoms with Crippen molar-refractivity contribution in [1.29, 1.82) is 0 Å². The Morgan fingerprint density at radius 1 is 1.33 bits per heavy atom. The highest BCUT2D eigenvalue weighted by molar-refractivity contribution is 14.0. The van der Waals surface area contributed by atoms with Crippen LogP contribution in [0.25, 0.3) is 0 Å². The van der Waals surface area contributed by atoms with Crippen molar-refractivity contribution in [2.45, 2.75) is 32.9 Å². The highest BCUT2D eigenvalue weighted by atomic mass is 127. The summed E-state index contributed by atoms with van der Waals surface area (Å²) in [6.45, 7) is 10.2. The fraction of sp³-hybridized carbons (Fsp3) is 0.650. The van der Waals surface area contributed by atoms with Crippen molar-refractivity contribution in [3.63, 3.8) is 0 Å². The van der Waals surface area contributed by atoms with E-state index in [0.29, 0.717) is 0 Å². The van der Waals surface area contributed by atoms with Gasteiger partial charge in [0.15, 0.2) is 5.96 Å². The van der Waals surface area contributed by atoms with Crippen LogP contribution in [-0.4, -0.2) is 83.5 Å². The Morgan fingerprint density at radius 2 is 2.17 bits per heavy atom. The molecule has 10 heteroatoms. The molecule has 0 unspecified atom stereocenters. The fourth-order valence-corrected chi connectivity index (χ4v) is 4.03. The summed E-state index contributed by atoms with van der Waals surface area (Å²) in [6, 6.07) is 2.17. The lowest BCUT2D eigenvalue weighted by Gasteiger charge is -2.26. The number of thiophene rings is 1. The molecule has 2 aromatic heterocycles. The number of nitrogens with zero attached hydrogens (tertiary/aromatic N) is 6. The molecule has 30 heavy (non-hydrogen) atoms. The summed E-state index contributed by atoms with van der Waals surface area (Å²) in [7, 11) is 2.10. The molecular formula is C20H34IN7OS. The summed E-state index contributed by atoms with van der Waals surface area (Å²) >= 11 is 1.73. The second-order valence-corrected chi connectivity index (χ2v) is 8.00. The lowest BCUT2D eigenvalue weighted by molar-refractivity contribution is 0.0377. The Kier molecular flexibility index (Phi) is 11.6. The maximum Gasteiger partial charge on any atom is 0.194 e. The predicted octanol–water partition coefficient (Wildman–Crippen LogP) is 2.32. The third kappa shape index (κ3) is 8.12. The minimum absolute atomic E-state index is 0. The van der Waals surface area contributed by atoms with Gasteiger partial charge < -0.3 is 19.5 Å². The smallest absolute Gasteiger partial charge is 0.194 e. The molecule has 0 aliphatic carbocycles. The van der Waals surface area contributed by atoms with Crippen LogP contribution in [0.3, 0.4) is 0 Å². The molecule has 168 valence electrons. The molecule has 0 saturated carbocycles. The number of halogens is 1. The van der Waals surface area contributed by atoms with Gasteiger partial charge in [-0.1, -0.05) is 6.92 Å². The lowest BCUT2D eigenvalue weighted by atomic mass is 10.3. The molecule has 1 aliphatic rings. The monoisotopic (exact) mass is 547 g/mol. The van der Waals surface area contributed by atoms with Crippen molar-refractivity contribution in [3.8, 4) is 0 Å². The van der Waals surface area contributed by atoms with Gasteiger partial charge in [0.25, 0.3) is 0 Å². The zero-order valence-corrected chi connectivity index (χ0v) is 21.1. The van der Waals surface area contributed by atoms with Gasteiger partial charge >= 0.3 is 0 Å².